The Bertz CT molecular complexity index is 959. The highest BCUT2D eigenvalue weighted by Crippen LogP contribution is 2.22. The van der Waals surface area contributed by atoms with Gasteiger partial charge in [0, 0.05) is 0 Å². The summed E-state index contributed by atoms with van der Waals surface area (Å²) in [5.74, 6) is -1.13. The van der Waals surface area contributed by atoms with Crippen LogP contribution >= 0.6 is 0 Å². The van der Waals surface area contributed by atoms with Crippen LogP contribution in [-0.4, -0.2) is 20.1 Å². The monoisotopic (exact) mass is 379 g/mol. The van der Waals surface area contributed by atoms with Crippen LogP contribution in [0.4, 0.5) is 0 Å². The fraction of sp³-hybridized carbons (Fsp3) is 0.136. The molecule has 0 aliphatic carbocycles. The number of carbonyl (C=O) groups excluding carboxylic acids is 1. The number of hydrogen-bond donors (Lipinski definition) is 1. The van der Waals surface area contributed by atoms with Crippen LogP contribution in [0, 0.1) is 6.92 Å². The minimum atomic E-state index is -3.70. The van der Waals surface area contributed by atoms with E-state index in [1.165, 1.54) is 12.1 Å². The van der Waals surface area contributed by atoms with E-state index < -0.39 is 27.5 Å². The number of hydrogen-bond acceptors (Lipinski definition) is 3. The summed E-state index contributed by atoms with van der Waals surface area (Å²) < 4.78 is 25.1. The van der Waals surface area contributed by atoms with E-state index in [9.17, 15) is 13.2 Å². The van der Waals surface area contributed by atoms with Gasteiger partial charge in [0.15, 0.2) is 9.84 Å². The first kappa shape index (κ1) is 18.9. The maximum absolute atomic E-state index is 12.6. The van der Waals surface area contributed by atoms with Crippen LogP contribution in [0.2, 0.25) is 0 Å². The molecule has 0 radical (unpaired) electrons. The van der Waals surface area contributed by atoms with Gasteiger partial charge in [-0.2, -0.15) is 0 Å². The number of benzene rings is 3. The van der Waals surface area contributed by atoms with E-state index in [2.05, 4.69) is 5.32 Å². The Labute approximate surface area is 159 Å². The first-order valence-corrected chi connectivity index (χ1v) is 10.3. The minimum Gasteiger partial charge on any atom is -0.344 e. The van der Waals surface area contributed by atoms with Crippen molar-refractivity contribution in [1.29, 1.82) is 0 Å². The average molecular weight is 379 g/mol. The molecule has 0 atom stereocenters. The molecule has 3 aromatic carbocycles. The molecule has 1 amide bonds. The van der Waals surface area contributed by atoms with Gasteiger partial charge in [-0.25, -0.2) is 8.42 Å². The van der Waals surface area contributed by atoms with E-state index in [0.717, 1.165) is 16.7 Å². The largest absolute Gasteiger partial charge is 0.344 e. The molecule has 4 nitrogen and oxygen atoms in total. The van der Waals surface area contributed by atoms with Gasteiger partial charge in [-0.3, -0.25) is 4.79 Å². The summed E-state index contributed by atoms with van der Waals surface area (Å²) in [5, 5.41) is 2.87. The van der Waals surface area contributed by atoms with Crippen LogP contribution in [0.1, 0.15) is 22.7 Å². The molecular formula is C22H21NO3S. The van der Waals surface area contributed by atoms with Gasteiger partial charge < -0.3 is 5.32 Å². The Balaban J connectivity index is 1.82. The van der Waals surface area contributed by atoms with Crippen molar-refractivity contribution in [3.63, 3.8) is 0 Å². The lowest BCUT2D eigenvalue weighted by atomic mass is 9.99. The molecule has 0 saturated heterocycles. The summed E-state index contributed by atoms with van der Waals surface area (Å²) >= 11 is 0. The predicted octanol–water partition coefficient (Wildman–Crippen LogP) is 3.67. The van der Waals surface area contributed by atoms with Crippen LogP contribution in [0.25, 0.3) is 0 Å². The molecule has 138 valence electrons. The molecule has 27 heavy (non-hydrogen) atoms. The van der Waals surface area contributed by atoms with Gasteiger partial charge in [0.2, 0.25) is 5.91 Å². The van der Waals surface area contributed by atoms with Crippen molar-refractivity contribution < 1.29 is 13.2 Å². The lowest BCUT2D eigenvalue weighted by Crippen LogP contribution is -2.34. The van der Waals surface area contributed by atoms with E-state index >= 15 is 0 Å². The number of amides is 1. The normalized spacial score (nSPS) is 11.3. The van der Waals surface area contributed by atoms with Crippen molar-refractivity contribution in [2.75, 3.05) is 5.75 Å². The molecule has 0 spiro atoms. The zero-order valence-electron chi connectivity index (χ0n) is 15.0. The molecule has 0 aromatic heterocycles. The Morgan fingerprint density at radius 2 is 1.30 bits per heavy atom. The lowest BCUT2D eigenvalue weighted by molar-refractivity contribution is -0.119. The van der Waals surface area contributed by atoms with Crippen molar-refractivity contribution in [1.82, 2.24) is 5.32 Å². The van der Waals surface area contributed by atoms with Gasteiger partial charge in [-0.05, 0) is 30.2 Å². The number of rotatable bonds is 6. The fourth-order valence-electron chi connectivity index (χ4n) is 2.85. The highest BCUT2D eigenvalue weighted by Gasteiger charge is 2.23. The summed E-state index contributed by atoms with van der Waals surface area (Å²) in [5.41, 5.74) is 2.75. The van der Waals surface area contributed by atoms with Gasteiger partial charge in [-0.1, -0.05) is 78.4 Å². The maximum Gasteiger partial charge on any atom is 0.236 e. The molecule has 0 unspecified atom stereocenters. The van der Waals surface area contributed by atoms with Crippen molar-refractivity contribution in [3.05, 3.63) is 102 Å². The van der Waals surface area contributed by atoms with Gasteiger partial charge >= 0.3 is 0 Å². The Kier molecular flexibility index (Phi) is 5.72. The van der Waals surface area contributed by atoms with Crippen molar-refractivity contribution >= 4 is 15.7 Å². The second-order valence-electron chi connectivity index (χ2n) is 6.39. The third-order valence-corrected chi connectivity index (χ3v) is 5.90. The number of carbonyl (C=O) groups is 1. The minimum absolute atomic E-state index is 0.152. The Morgan fingerprint density at radius 1 is 0.815 bits per heavy atom. The number of aryl methyl sites for hydroxylation is 1. The lowest BCUT2D eigenvalue weighted by Gasteiger charge is -2.20. The zero-order chi connectivity index (χ0) is 19.3. The van der Waals surface area contributed by atoms with Crippen LogP contribution in [0.15, 0.2) is 89.8 Å². The maximum atomic E-state index is 12.6. The average Bonchev–Trinajstić information content (AvgIpc) is 2.67. The van der Waals surface area contributed by atoms with Crippen LogP contribution in [0.3, 0.4) is 0 Å². The van der Waals surface area contributed by atoms with Gasteiger partial charge in [-0.15, -0.1) is 0 Å². The Morgan fingerprint density at radius 3 is 1.78 bits per heavy atom. The molecule has 0 saturated carbocycles. The SMILES string of the molecule is Cc1ccc(S(=O)(=O)CC(=O)NC(c2ccccc2)c2ccccc2)cc1. The molecular weight excluding hydrogens is 358 g/mol. The fourth-order valence-corrected chi connectivity index (χ4v) is 4.00. The van der Waals surface area contributed by atoms with Crippen LogP contribution in [-0.2, 0) is 14.6 Å². The molecule has 0 heterocycles. The first-order valence-electron chi connectivity index (χ1n) is 8.64. The summed E-state index contributed by atoms with van der Waals surface area (Å²) in [7, 11) is -3.70. The second kappa shape index (κ2) is 8.18. The zero-order valence-corrected chi connectivity index (χ0v) is 15.8. The van der Waals surface area contributed by atoms with Crippen LogP contribution < -0.4 is 5.32 Å². The van der Waals surface area contributed by atoms with E-state index in [4.69, 9.17) is 0 Å². The van der Waals surface area contributed by atoms with Gasteiger partial charge in [0.25, 0.3) is 0 Å². The molecule has 3 rings (SSSR count). The standard InChI is InChI=1S/C22H21NO3S/c1-17-12-14-20(15-13-17)27(25,26)16-21(24)23-22(18-8-4-2-5-9-18)19-10-6-3-7-11-19/h2-15,22H,16H2,1H3,(H,23,24). The van der Waals surface area contributed by atoms with E-state index in [-0.39, 0.29) is 4.90 Å². The number of sulfone groups is 1. The van der Waals surface area contributed by atoms with Gasteiger partial charge in [0.1, 0.15) is 5.75 Å². The van der Waals surface area contributed by atoms with Crippen molar-refractivity contribution in [3.8, 4) is 0 Å². The predicted molar refractivity (Wildman–Crippen MR) is 106 cm³/mol. The van der Waals surface area contributed by atoms with E-state index in [1.807, 2.05) is 67.6 Å². The first-order chi connectivity index (χ1) is 13.0. The van der Waals surface area contributed by atoms with E-state index in [1.54, 1.807) is 12.1 Å². The highest BCUT2D eigenvalue weighted by molar-refractivity contribution is 7.92. The number of nitrogens with one attached hydrogen (secondary N) is 1. The third-order valence-electron chi connectivity index (χ3n) is 4.27. The quantitative estimate of drug-likeness (QED) is 0.711. The third kappa shape index (κ3) is 4.83. The van der Waals surface area contributed by atoms with Crippen molar-refractivity contribution in [2.24, 2.45) is 0 Å². The summed E-state index contributed by atoms with van der Waals surface area (Å²) in [6, 6.07) is 25.1. The molecule has 0 bridgehead atoms. The molecule has 1 N–H and O–H groups in total. The second-order valence-corrected chi connectivity index (χ2v) is 8.38. The Hall–Kier alpha value is -2.92. The molecule has 0 aliphatic rings. The summed E-state index contributed by atoms with van der Waals surface area (Å²) in [6.45, 7) is 1.88. The van der Waals surface area contributed by atoms with E-state index in [0.29, 0.717) is 0 Å². The van der Waals surface area contributed by atoms with Crippen molar-refractivity contribution in [2.45, 2.75) is 17.9 Å². The molecule has 0 aliphatic heterocycles. The summed E-state index contributed by atoms with van der Waals surface area (Å²) in [4.78, 5) is 12.7. The summed E-state index contributed by atoms with van der Waals surface area (Å²) in [6.07, 6.45) is 0. The molecule has 0 fully saturated rings. The van der Waals surface area contributed by atoms with Gasteiger partial charge in [0.05, 0.1) is 10.9 Å². The molecule has 3 aromatic rings. The topological polar surface area (TPSA) is 63.2 Å². The molecule has 5 heteroatoms. The smallest absolute Gasteiger partial charge is 0.236 e. The van der Waals surface area contributed by atoms with Crippen LogP contribution in [0.5, 0.6) is 0 Å². The highest BCUT2D eigenvalue weighted by atomic mass is 32.2.